The maximum atomic E-state index is 13.3. The Balaban J connectivity index is 2.16. The normalized spacial score (nSPS) is 17.0. The Morgan fingerprint density at radius 2 is 1.50 bits per heavy atom. The number of aromatic hydroxyl groups is 1. The lowest BCUT2D eigenvalue weighted by Gasteiger charge is -2.32. The summed E-state index contributed by atoms with van der Waals surface area (Å²) in [5.74, 6) is -0.0427. The summed E-state index contributed by atoms with van der Waals surface area (Å²) in [4.78, 5) is 25.7. The lowest BCUT2D eigenvalue weighted by molar-refractivity contribution is -0.113. The van der Waals surface area contributed by atoms with Gasteiger partial charge in [-0.3, -0.25) is 4.79 Å². The summed E-state index contributed by atoms with van der Waals surface area (Å²) in [6.45, 7) is 13.9. The Kier molecular flexibility index (Phi) is 6.09. The van der Waals surface area contributed by atoms with Crippen LogP contribution >= 0.6 is 0 Å². The Hall–Kier alpha value is -3.28. The Morgan fingerprint density at radius 1 is 0.969 bits per heavy atom. The van der Waals surface area contributed by atoms with Gasteiger partial charge in [0.15, 0.2) is 0 Å². The number of urea groups is 1. The molecule has 0 saturated heterocycles. The molecule has 6 nitrogen and oxygen atoms in total. The minimum absolute atomic E-state index is 0.255. The lowest BCUT2D eigenvalue weighted by atomic mass is 9.77. The number of hydrogen-bond acceptors (Lipinski definition) is 3. The number of anilines is 1. The number of nitrogens with one attached hydrogen (secondary N) is 3. The maximum Gasteiger partial charge on any atom is 0.319 e. The molecular weight excluding hydrogens is 402 g/mol. The second kappa shape index (κ2) is 8.34. The molecule has 32 heavy (non-hydrogen) atoms. The van der Waals surface area contributed by atoms with Crippen molar-refractivity contribution in [2.45, 2.75) is 65.3 Å². The van der Waals surface area contributed by atoms with Gasteiger partial charge in [0.25, 0.3) is 5.91 Å². The van der Waals surface area contributed by atoms with Gasteiger partial charge in [-0.15, -0.1) is 0 Å². The summed E-state index contributed by atoms with van der Waals surface area (Å²) >= 11 is 0. The number of para-hydroxylation sites is 1. The molecule has 0 unspecified atom stereocenters. The van der Waals surface area contributed by atoms with Crippen LogP contribution in [-0.4, -0.2) is 17.0 Å². The van der Waals surface area contributed by atoms with Crippen LogP contribution in [0.15, 0.2) is 53.7 Å². The highest BCUT2D eigenvalue weighted by Gasteiger charge is 2.34. The van der Waals surface area contributed by atoms with Gasteiger partial charge in [-0.25, -0.2) is 4.79 Å². The van der Waals surface area contributed by atoms with E-state index in [2.05, 4.69) is 16.0 Å². The van der Waals surface area contributed by atoms with Gasteiger partial charge in [0.05, 0.1) is 11.6 Å². The van der Waals surface area contributed by atoms with Gasteiger partial charge in [0, 0.05) is 11.4 Å². The molecule has 170 valence electrons. The van der Waals surface area contributed by atoms with Gasteiger partial charge < -0.3 is 21.1 Å². The third-order valence-corrected chi connectivity index (χ3v) is 5.63. The molecule has 4 N–H and O–H groups in total. The first-order chi connectivity index (χ1) is 14.8. The third-order valence-electron chi connectivity index (χ3n) is 5.63. The highest BCUT2D eigenvalue weighted by atomic mass is 16.3. The smallest absolute Gasteiger partial charge is 0.319 e. The van der Waals surface area contributed by atoms with Gasteiger partial charge in [-0.05, 0) is 58.7 Å². The Bertz CT molecular complexity index is 1040. The number of allylic oxidation sites excluding steroid dienone is 1. The van der Waals surface area contributed by atoms with E-state index in [4.69, 9.17) is 0 Å². The van der Waals surface area contributed by atoms with Crippen molar-refractivity contribution in [3.8, 4) is 5.75 Å². The van der Waals surface area contributed by atoms with Crippen LogP contribution in [0.5, 0.6) is 5.75 Å². The van der Waals surface area contributed by atoms with Crippen LogP contribution in [0.2, 0.25) is 0 Å². The van der Waals surface area contributed by atoms with Gasteiger partial charge in [-0.1, -0.05) is 59.7 Å². The molecule has 0 fully saturated rings. The molecule has 0 radical (unpaired) electrons. The molecule has 3 amide bonds. The SMILES string of the molecule is CC1=C(C(=O)Nc2ccccc2)[C@@H](c2cc(C(C)(C)C)c(O)c(C(C)(C)C)c2)NC(=O)N1. The van der Waals surface area contributed by atoms with E-state index in [1.165, 1.54) is 0 Å². The lowest BCUT2D eigenvalue weighted by Crippen LogP contribution is -2.46. The van der Waals surface area contributed by atoms with Crippen molar-refractivity contribution in [2.24, 2.45) is 0 Å². The quantitative estimate of drug-likeness (QED) is 0.530. The van der Waals surface area contributed by atoms with Crippen molar-refractivity contribution in [3.05, 3.63) is 70.4 Å². The molecular formula is C26H33N3O3. The largest absolute Gasteiger partial charge is 0.507 e. The summed E-state index contributed by atoms with van der Waals surface area (Å²) in [5, 5.41) is 19.6. The van der Waals surface area contributed by atoms with Crippen molar-refractivity contribution in [1.82, 2.24) is 10.6 Å². The van der Waals surface area contributed by atoms with E-state index in [1.54, 1.807) is 6.92 Å². The maximum absolute atomic E-state index is 13.3. The Labute approximate surface area is 190 Å². The molecule has 0 aliphatic carbocycles. The second-order valence-corrected chi connectivity index (χ2v) is 10.4. The number of benzene rings is 2. The van der Waals surface area contributed by atoms with E-state index in [0.717, 1.165) is 16.7 Å². The van der Waals surface area contributed by atoms with E-state index >= 15 is 0 Å². The van der Waals surface area contributed by atoms with Gasteiger partial charge >= 0.3 is 6.03 Å². The van der Waals surface area contributed by atoms with Gasteiger partial charge in [0.1, 0.15) is 5.75 Å². The minimum atomic E-state index is -0.657. The average molecular weight is 436 g/mol. The number of amides is 3. The molecule has 6 heteroatoms. The number of rotatable bonds is 3. The molecule has 2 aromatic carbocycles. The molecule has 0 spiro atoms. The molecule has 0 aromatic heterocycles. The summed E-state index contributed by atoms with van der Waals surface area (Å²) < 4.78 is 0. The molecule has 3 rings (SSSR count). The van der Waals surface area contributed by atoms with E-state index in [1.807, 2.05) is 84.0 Å². The number of carbonyl (C=O) groups excluding carboxylic acids is 2. The molecule has 0 saturated carbocycles. The first-order valence-electron chi connectivity index (χ1n) is 10.8. The summed E-state index contributed by atoms with van der Waals surface area (Å²) in [6.07, 6.45) is 0. The second-order valence-electron chi connectivity index (χ2n) is 10.4. The van der Waals surface area contributed by atoms with E-state index in [0.29, 0.717) is 17.0 Å². The van der Waals surface area contributed by atoms with Gasteiger partial charge in [-0.2, -0.15) is 0 Å². The van der Waals surface area contributed by atoms with Crippen molar-refractivity contribution >= 4 is 17.6 Å². The van der Waals surface area contributed by atoms with Crippen LogP contribution in [-0.2, 0) is 15.6 Å². The molecule has 2 aromatic rings. The minimum Gasteiger partial charge on any atom is -0.507 e. The predicted octanol–water partition coefficient (Wildman–Crippen LogP) is 5.25. The van der Waals surface area contributed by atoms with E-state index in [9.17, 15) is 14.7 Å². The van der Waals surface area contributed by atoms with Crippen LogP contribution in [0.3, 0.4) is 0 Å². The van der Waals surface area contributed by atoms with Crippen LogP contribution in [0.1, 0.15) is 71.2 Å². The highest BCUT2D eigenvalue weighted by Crippen LogP contribution is 2.42. The molecule has 0 bridgehead atoms. The zero-order valence-electron chi connectivity index (χ0n) is 19.9. The molecule has 1 atom stereocenters. The van der Waals surface area contributed by atoms with Crippen LogP contribution < -0.4 is 16.0 Å². The van der Waals surface area contributed by atoms with Crippen molar-refractivity contribution in [2.75, 3.05) is 5.32 Å². The highest BCUT2D eigenvalue weighted by molar-refractivity contribution is 6.06. The average Bonchev–Trinajstić information content (AvgIpc) is 2.66. The fourth-order valence-electron chi connectivity index (χ4n) is 3.93. The van der Waals surface area contributed by atoms with E-state index in [-0.39, 0.29) is 28.5 Å². The monoisotopic (exact) mass is 435 g/mol. The van der Waals surface area contributed by atoms with Gasteiger partial charge in [0.2, 0.25) is 0 Å². The van der Waals surface area contributed by atoms with Crippen molar-refractivity contribution in [3.63, 3.8) is 0 Å². The topological polar surface area (TPSA) is 90.5 Å². The van der Waals surface area contributed by atoms with Crippen molar-refractivity contribution < 1.29 is 14.7 Å². The fraction of sp³-hybridized carbons (Fsp3) is 0.385. The summed E-state index contributed by atoms with van der Waals surface area (Å²) in [7, 11) is 0. The zero-order valence-corrected chi connectivity index (χ0v) is 19.9. The van der Waals surface area contributed by atoms with Crippen molar-refractivity contribution in [1.29, 1.82) is 0 Å². The number of hydrogen-bond donors (Lipinski definition) is 4. The number of carbonyl (C=O) groups is 2. The van der Waals surface area contributed by atoms with Crippen LogP contribution in [0, 0.1) is 0 Å². The molecule has 1 aliphatic rings. The molecule has 1 heterocycles. The number of phenolic OH excluding ortho intramolecular Hbond substituents is 1. The Morgan fingerprint density at radius 3 is 2.00 bits per heavy atom. The zero-order chi connectivity index (χ0) is 23.8. The fourth-order valence-corrected chi connectivity index (χ4v) is 3.93. The van der Waals surface area contributed by atoms with Crippen LogP contribution in [0.25, 0.3) is 0 Å². The first kappa shape index (κ1) is 23.4. The predicted molar refractivity (Wildman–Crippen MR) is 128 cm³/mol. The standard InChI is InChI=1S/C26H33N3O3/c1-15-20(23(31)28-17-11-9-8-10-12-17)21(29-24(32)27-15)16-13-18(25(2,3)4)22(30)19(14-16)26(5,6)7/h8-14,21,30H,1-7H3,(H,28,31)(H2,27,29,32)/t21-/m1/s1. The third kappa shape index (κ3) is 4.79. The summed E-state index contributed by atoms with van der Waals surface area (Å²) in [5.41, 5.74) is 3.23. The number of phenols is 1. The summed E-state index contributed by atoms with van der Waals surface area (Å²) in [6, 6.07) is 12.0. The van der Waals surface area contributed by atoms with Crippen LogP contribution in [0.4, 0.5) is 10.5 Å². The van der Waals surface area contributed by atoms with E-state index < -0.39 is 6.04 Å². The molecule has 1 aliphatic heterocycles. The first-order valence-corrected chi connectivity index (χ1v) is 10.8.